The number of hydrogen-bond donors (Lipinski definition) is 7. The highest BCUT2D eigenvalue weighted by Crippen LogP contribution is 2.54. The van der Waals surface area contributed by atoms with Crippen LogP contribution in [0.1, 0.15) is 10.4 Å². The molecule has 61 heavy (non-hydrogen) atoms. The van der Waals surface area contributed by atoms with E-state index in [-0.39, 0.29) is 49.6 Å². The SMILES string of the molecule is [B]/C=C(O)/C(O)=C(/[B])c1c(C)sc2c(-c3c(O)c([B])c(O)c(-c4nc(-c5ccc(-c6ccccc6)cc5)nc(-c5ccc(-c6ccccc6)cc5)n4)c3O)c(O)c(O)c([B])c12. The first-order valence-corrected chi connectivity index (χ1v) is 19.3. The molecule has 8 rings (SSSR count). The molecule has 0 fully saturated rings. The van der Waals surface area contributed by atoms with E-state index in [9.17, 15) is 35.7 Å². The Morgan fingerprint density at radius 1 is 0.525 bits per heavy atom. The number of fused-ring (bicyclic) bond motifs is 1. The van der Waals surface area contributed by atoms with Crippen LogP contribution in [0.15, 0.2) is 127 Å². The van der Waals surface area contributed by atoms with Gasteiger partial charge in [-0.3, -0.25) is 0 Å². The Morgan fingerprint density at radius 3 is 1.46 bits per heavy atom. The maximum atomic E-state index is 12.2. The van der Waals surface area contributed by atoms with Crippen LogP contribution in [-0.4, -0.2) is 82.1 Å². The van der Waals surface area contributed by atoms with E-state index >= 15 is 0 Å². The van der Waals surface area contributed by atoms with E-state index in [1.807, 2.05) is 109 Å². The maximum Gasteiger partial charge on any atom is 0.171 e. The molecule has 8 radical (unpaired) electrons. The second-order valence-electron chi connectivity index (χ2n) is 13.9. The summed E-state index contributed by atoms with van der Waals surface area (Å²) in [5.74, 6) is -5.02. The van der Waals surface area contributed by atoms with Gasteiger partial charge >= 0.3 is 0 Å². The highest BCUT2D eigenvalue weighted by molar-refractivity contribution is 7.20. The standard InChI is InChI=1S/C46H29B4N3O7S/c1-21-29(34(48)37(55)28(54)20-47)30-35(49)42(60)41(59)32(43(30)61-21)31-38(56)33(40(58)36(50)39(31)57)46-52-44(26-16-12-24(13-17-26)22-8-4-2-5-9-22)51-45(53-46)27-18-14-25(15-19-27)23-10-6-3-7-11-23/h2-20,54-60H,1H3/b28-20-,37-34-. The highest BCUT2D eigenvalue weighted by atomic mass is 32.1. The second kappa shape index (κ2) is 16.0. The van der Waals surface area contributed by atoms with Crippen molar-refractivity contribution < 1.29 is 35.7 Å². The fraction of sp³-hybridized carbons (Fsp3) is 0.0217. The molecular weight excluding hydrogens is 782 g/mol. The number of rotatable bonds is 8. The summed E-state index contributed by atoms with van der Waals surface area (Å²) < 4.78 is 0.0583. The smallest absolute Gasteiger partial charge is 0.171 e. The third-order valence-electron chi connectivity index (χ3n) is 10.3. The predicted molar refractivity (Wildman–Crippen MR) is 243 cm³/mol. The van der Waals surface area contributed by atoms with Crippen molar-refractivity contribution in [3.05, 3.63) is 137 Å². The van der Waals surface area contributed by atoms with Crippen LogP contribution in [0.25, 0.3) is 83.1 Å². The number of thiophene rings is 1. The summed E-state index contributed by atoms with van der Waals surface area (Å²) in [4.78, 5) is 14.6. The van der Waals surface area contributed by atoms with E-state index in [2.05, 4.69) is 0 Å². The van der Waals surface area contributed by atoms with Crippen molar-refractivity contribution in [1.82, 2.24) is 15.0 Å². The molecule has 2 heterocycles. The van der Waals surface area contributed by atoms with E-state index in [4.69, 9.17) is 46.3 Å². The summed E-state index contributed by atoms with van der Waals surface area (Å²) in [5, 5.41) is 78.9. The maximum absolute atomic E-state index is 12.2. The number of aliphatic hydroxyl groups excluding tert-OH is 2. The first-order chi connectivity index (χ1) is 29.3. The van der Waals surface area contributed by atoms with Crippen molar-refractivity contribution in [3.8, 4) is 96.3 Å². The molecule has 10 nitrogen and oxygen atoms in total. The fourth-order valence-electron chi connectivity index (χ4n) is 7.15. The zero-order valence-corrected chi connectivity index (χ0v) is 33.0. The molecule has 0 aliphatic heterocycles. The summed E-state index contributed by atoms with van der Waals surface area (Å²) in [7, 11) is 24.3. The molecule has 0 aliphatic carbocycles. The van der Waals surface area contributed by atoms with Gasteiger partial charge in [-0.25, -0.2) is 15.0 Å². The molecule has 0 amide bonds. The van der Waals surface area contributed by atoms with Crippen LogP contribution >= 0.6 is 11.3 Å². The van der Waals surface area contributed by atoms with E-state index in [1.54, 1.807) is 6.92 Å². The van der Waals surface area contributed by atoms with Crippen molar-refractivity contribution in [1.29, 1.82) is 0 Å². The molecule has 0 unspecified atom stereocenters. The molecule has 6 aromatic carbocycles. The number of aliphatic hydroxyl groups is 2. The number of benzene rings is 6. The van der Waals surface area contributed by atoms with Gasteiger partial charge in [0.2, 0.25) is 0 Å². The number of hydrogen-bond acceptors (Lipinski definition) is 11. The Bertz CT molecular complexity index is 2990. The Balaban J connectivity index is 1.37. The van der Waals surface area contributed by atoms with Crippen molar-refractivity contribution in [2.24, 2.45) is 0 Å². The van der Waals surface area contributed by atoms with Crippen molar-refractivity contribution in [3.63, 3.8) is 0 Å². The van der Waals surface area contributed by atoms with Crippen molar-refractivity contribution in [2.45, 2.75) is 6.92 Å². The molecule has 0 bridgehead atoms. The van der Waals surface area contributed by atoms with E-state index in [0.29, 0.717) is 16.0 Å². The van der Waals surface area contributed by atoms with Crippen LogP contribution in [0.5, 0.6) is 28.7 Å². The Morgan fingerprint density at radius 2 is 0.967 bits per heavy atom. The molecule has 0 saturated heterocycles. The zero-order valence-electron chi connectivity index (χ0n) is 32.2. The molecule has 0 aliphatic rings. The minimum atomic E-state index is -0.873. The van der Waals surface area contributed by atoms with Crippen molar-refractivity contribution in [2.75, 3.05) is 0 Å². The number of aromatic hydroxyl groups is 5. The number of nitrogens with zero attached hydrogens (tertiary/aromatic N) is 3. The van der Waals surface area contributed by atoms with Gasteiger partial charge in [-0.05, 0) is 56.5 Å². The van der Waals surface area contributed by atoms with Crippen LogP contribution in [0, 0.1) is 6.92 Å². The van der Waals surface area contributed by atoms with Gasteiger partial charge in [-0.2, -0.15) is 0 Å². The molecule has 0 atom stereocenters. The van der Waals surface area contributed by atoms with Gasteiger partial charge in [0.05, 0.1) is 11.1 Å². The topological polar surface area (TPSA) is 180 Å². The van der Waals surface area contributed by atoms with E-state index in [1.165, 1.54) is 0 Å². The van der Waals surface area contributed by atoms with E-state index < -0.39 is 56.9 Å². The van der Waals surface area contributed by atoms with Gasteiger partial charge in [0.25, 0.3) is 0 Å². The van der Waals surface area contributed by atoms with Gasteiger partial charge in [0, 0.05) is 20.7 Å². The quantitative estimate of drug-likeness (QED) is 0.0352. The lowest BCUT2D eigenvalue weighted by atomic mass is 9.78. The second-order valence-corrected chi connectivity index (χ2v) is 15.2. The number of phenolic OH excluding ortho intramolecular Hbond substituents is 5. The monoisotopic (exact) mass is 811 g/mol. The molecule has 0 saturated carbocycles. The Labute approximate surface area is 358 Å². The van der Waals surface area contributed by atoms with Crippen LogP contribution in [0.4, 0.5) is 0 Å². The van der Waals surface area contributed by atoms with Gasteiger partial charge in [-0.1, -0.05) is 115 Å². The summed E-state index contributed by atoms with van der Waals surface area (Å²) >= 11 is 0.954. The predicted octanol–water partition coefficient (Wildman–Crippen LogP) is 7.48. The third kappa shape index (κ3) is 7.02. The summed E-state index contributed by atoms with van der Waals surface area (Å²) in [6, 6.07) is 34.4. The molecule has 15 heteroatoms. The highest BCUT2D eigenvalue weighted by Gasteiger charge is 2.32. The van der Waals surface area contributed by atoms with E-state index in [0.717, 1.165) is 39.6 Å². The van der Waals surface area contributed by atoms with Gasteiger partial charge in [0.15, 0.2) is 29.0 Å². The lowest BCUT2D eigenvalue weighted by molar-refractivity contribution is 0.330. The summed E-state index contributed by atoms with van der Waals surface area (Å²) in [5.41, 5.74) is 2.30. The number of aryl methyl sites for hydroxylation is 1. The minimum absolute atomic E-state index is 0.0173. The van der Waals surface area contributed by atoms with Gasteiger partial charge in [-0.15, -0.1) is 11.3 Å². The molecule has 0 spiro atoms. The zero-order chi connectivity index (χ0) is 43.3. The largest absolute Gasteiger partial charge is 0.508 e. The molecular formula is C46H29B4N3O7S. The summed E-state index contributed by atoms with van der Waals surface area (Å²) in [6.45, 7) is 1.59. The van der Waals surface area contributed by atoms with Crippen LogP contribution in [0.3, 0.4) is 0 Å². The summed E-state index contributed by atoms with van der Waals surface area (Å²) in [6.07, 6.45) is 0. The number of aromatic nitrogens is 3. The van der Waals surface area contributed by atoms with Crippen LogP contribution in [-0.2, 0) is 0 Å². The van der Waals surface area contributed by atoms with Crippen molar-refractivity contribution >= 4 is 69.2 Å². The normalized spacial score (nSPS) is 12.1. The molecule has 8 aromatic rings. The average Bonchev–Trinajstić information content (AvgIpc) is 3.64. The lowest BCUT2D eigenvalue weighted by Crippen LogP contribution is -2.11. The Kier molecular flexibility index (Phi) is 10.6. The van der Waals surface area contributed by atoms with Gasteiger partial charge < -0.3 is 35.7 Å². The fourth-order valence-corrected chi connectivity index (χ4v) is 8.39. The van der Waals surface area contributed by atoms with Gasteiger partial charge in [0.1, 0.15) is 65.7 Å². The average molecular weight is 811 g/mol. The minimum Gasteiger partial charge on any atom is -0.508 e. The van der Waals surface area contributed by atoms with Crippen LogP contribution in [0.2, 0.25) is 0 Å². The first-order valence-electron chi connectivity index (χ1n) is 18.5. The van der Waals surface area contributed by atoms with Crippen LogP contribution < -0.4 is 10.9 Å². The third-order valence-corrected chi connectivity index (χ3v) is 11.4. The molecule has 7 N–H and O–H groups in total. The molecule has 288 valence electrons. The Hall–Kier alpha value is -7.37. The lowest BCUT2D eigenvalue weighted by Gasteiger charge is -2.20. The number of phenols is 5. The first kappa shape index (κ1) is 40.4. The molecule has 2 aromatic heterocycles.